The monoisotopic (exact) mass is 268 g/mol. The molecular formula is C14H15F3N2. The number of nitrogens with one attached hydrogen (secondary N) is 2. The SMILES string of the molecule is Cc1ccc2[nH]cc(C3(C(F)(F)F)CCCN3)c2c1. The Morgan fingerprint density at radius 2 is 2.05 bits per heavy atom. The molecule has 1 aliphatic heterocycles. The molecule has 19 heavy (non-hydrogen) atoms. The first-order valence-electron chi connectivity index (χ1n) is 6.34. The number of hydrogen-bond acceptors (Lipinski definition) is 1. The summed E-state index contributed by atoms with van der Waals surface area (Å²) in [7, 11) is 0. The van der Waals surface area contributed by atoms with E-state index in [2.05, 4.69) is 10.3 Å². The van der Waals surface area contributed by atoms with Gasteiger partial charge in [-0.2, -0.15) is 13.2 Å². The maximum Gasteiger partial charge on any atom is 0.410 e. The fourth-order valence-electron chi connectivity index (χ4n) is 2.96. The van der Waals surface area contributed by atoms with Gasteiger partial charge < -0.3 is 4.98 Å². The van der Waals surface area contributed by atoms with Crippen LogP contribution in [-0.4, -0.2) is 17.7 Å². The van der Waals surface area contributed by atoms with Crippen LogP contribution in [0.5, 0.6) is 0 Å². The number of H-pyrrole nitrogens is 1. The molecular weight excluding hydrogens is 253 g/mol. The van der Waals surface area contributed by atoms with Gasteiger partial charge >= 0.3 is 6.18 Å². The summed E-state index contributed by atoms with van der Waals surface area (Å²) in [4.78, 5) is 2.95. The molecule has 2 heterocycles. The Labute approximate surface area is 109 Å². The molecule has 0 bridgehead atoms. The summed E-state index contributed by atoms with van der Waals surface area (Å²) in [6.07, 6.45) is -2.16. The van der Waals surface area contributed by atoms with Crippen molar-refractivity contribution in [3.05, 3.63) is 35.5 Å². The molecule has 1 atom stereocenters. The summed E-state index contributed by atoms with van der Waals surface area (Å²) >= 11 is 0. The number of rotatable bonds is 1. The molecule has 0 saturated carbocycles. The van der Waals surface area contributed by atoms with Crippen molar-refractivity contribution < 1.29 is 13.2 Å². The van der Waals surface area contributed by atoms with Crippen molar-refractivity contribution in [2.45, 2.75) is 31.5 Å². The first kappa shape index (κ1) is 12.5. The third-order valence-corrected chi connectivity index (χ3v) is 3.94. The number of aromatic amines is 1. The Hall–Kier alpha value is -1.49. The van der Waals surface area contributed by atoms with E-state index in [0.717, 1.165) is 11.1 Å². The van der Waals surface area contributed by atoms with Crippen molar-refractivity contribution in [2.24, 2.45) is 0 Å². The van der Waals surface area contributed by atoms with Crippen molar-refractivity contribution in [1.82, 2.24) is 10.3 Å². The number of aromatic nitrogens is 1. The molecule has 1 unspecified atom stereocenters. The van der Waals surface area contributed by atoms with Gasteiger partial charge in [0, 0.05) is 22.7 Å². The van der Waals surface area contributed by atoms with Crippen LogP contribution in [-0.2, 0) is 5.54 Å². The highest BCUT2D eigenvalue weighted by molar-refractivity contribution is 5.85. The zero-order valence-electron chi connectivity index (χ0n) is 10.6. The standard InChI is InChI=1S/C14H15F3N2/c1-9-3-4-12-10(7-9)11(8-18-12)13(14(15,16)17)5-2-6-19-13/h3-4,7-8,18-19H,2,5-6H2,1H3. The molecule has 2 N–H and O–H groups in total. The van der Waals surface area contributed by atoms with E-state index in [1.54, 1.807) is 0 Å². The molecule has 0 amide bonds. The maximum atomic E-state index is 13.5. The molecule has 1 aromatic heterocycles. The van der Waals surface area contributed by atoms with Crippen molar-refractivity contribution in [2.75, 3.05) is 6.54 Å². The molecule has 3 rings (SSSR count). The summed E-state index contributed by atoms with van der Waals surface area (Å²) < 4.78 is 40.6. The molecule has 0 aliphatic carbocycles. The number of fused-ring (bicyclic) bond motifs is 1. The molecule has 2 aromatic rings. The molecule has 1 aliphatic rings. The van der Waals surface area contributed by atoms with E-state index in [4.69, 9.17) is 0 Å². The minimum Gasteiger partial charge on any atom is -0.361 e. The third-order valence-electron chi connectivity index (χ3n) is 3.94. The van der Waals surface area contributed by atoms with E-state index in [1.165, 1.54) is 6.20 Å². The van der Waals surface area contributed by atoms with Crippen LogP contribution < -0.4 is 5.32 Å². The van der Waals surface area contributed by atoms with E-state index in [1.807, 2.05) is 25.1 Å². The van der Waals surface area contributed by atoms with Crippen LogP contribution >= 0.6 is 0 Å². The summed E-state index contributed by atoms with van der Waals surface area (Å²) in [6.45, 7) is 2.29. The average Bonchev–Trinajstić information content (AvgIpc) is 2.92. The number of benzene rings is 1. The lowest BCUT2D eigenvalue weighted by Crippen LogP contribution is -2.49. The molecule has 2 nitrogen and oxygen atoms in total. The van der Waals surface area contributed by atoms with Gasteiger partial charge in [-0.25, -0.2) is 0 Å². The van der Waals surface area contributed by atoms with Gasteiger partial charge in [-0.15, -0.1) is 0 Å². The topological polar surface area (TPSA) is 27.8 Å². The van der Waals surface area contributed by atoms with Crippen LogP contribution in [0.25, 0.3) is 10.9 Å². The Balaban J connectivity index is 2.24. The largest absolute Gasteiger partial charge is 0.410 e. The number of alkyl halides is 3. The van der Waals surface area contributed by atoms with Crippen LogP contribution in [0.1, 0.15) is 24.0 Å². The minimum atomic E-state index is -4.29. The smallest absolute Gasteiger partial charge is 0.361 e. The fourth-order valence-corrected chi connectivity index (χ4v) is 2.96. The highest BCUT2D eigenvalue weighted by atomic mass is 19.4. The van der Waals surface area contributed by atoms with E-state index in [0.29, 0.717) is 23.9 Å². The first-order valence-corrected chi connectivity index (χ1v) is 6.34. The second-order valence-corrected chi connectivity index (χ2v) is 5.18. The first-order chi connectivity index (χ1) is 8.94. The lowest BCUT2D eigenvalue weighted by atomic mass is 9.87. The predicted molar refractivity (Wildman–Crippen MR) is 68.0 cm³/mol. The molecule has 0 spiro atoms. The highest BCUT2D eigenvalue weighted by Crippen LogP contribution is 2.47. The summed E-state index contributed by atoms with van der Waals surface area (Å²) in [5.74, 6) is 0. The lowest BCUT2D eigenvalue weighted by molar-refractivity contribution is -0.195. The van der Waals surface area contributed by atoms with Crippen molar-refractivity contribution in [3.8, 4) is 0 Å². The van der Waals surface area contributed by atoms with Crippen LogP contribution in [0.3, 0.4) is 0 Å². The zero-order valence-corrected chi connectivity index (χ0v) is 10.6. The van der Waals surface area contributed by atoms with Gasteiger partial charge in [-0.3, -0.25) is 5.32 Å². The van der Waals surface area contributed by atoms with Crippen LogP contribution in [0.4, 0.5) is 13.2 Å². The number of hydrogen-bond donors (Lipinski definition) is 2. The number of aryl methyl sites for hydroxylation is 1. The number of halogens is 3. The highest BCUT2D eigenvalue weighted by Gasteiger charge is 2.58. The van der Waals surface area contributed by atoms with Crippen molar-refractivity contribution in [1.29, 1.82) is 0 Å². The summed E-state index contributed by atoms with van der Waals surface area (Å²) in [5, 5.41) is 3.34. The minimum absolute atomic E-state index is 0.0946. The van der Waals surface area contributed by atoms with E-state index in [-0.39, 0.29) is 6.42 Å². The second kappa shape index (κ2) is 4.00. The van der Waals surface area contributed by atoms with Gasteiger partial charge in [-0.1, -0.05) is 11.6 Å². The van der Waals surface area contributed by atoms with Gasteiger partial charge in [-0.05, 0) is 38.4 Å². The second-order valence-electron chi connectivity index (χ2n) is 5.18. The molecule has 1 fully saturated rings. The maximum absolute atomic E-state index is 13.5. The average molecular weight is 268 g/mol. The van der Waals surface area contributed by atoms with Crippen LogP contribution in [0, 0.1) is 6.92 Å². The molecule has 5 heteroatoms. The fraction of sp³-hybridized carbons (Fsp3) is 0.429. The van der Waals surface area contributed by atoms with Gasteiger partial charge in [0.2, 0.25) is 0 Å². The quantitative estimate of drug-likeness (QED) is 0.812. The van der Waals surface area contributed by atoms with E-state index in [9.17, 15) is 13.2 Å². The van der Waals surface area contributed by atoms with Gasteiger partial charge in [0.25, 0.3) is 0 Å². The Morgan fingerprint density at radius 1 is 1.26 bits per heavy atom. The summed E-state index contributed by atoms with van der Waals surface area (Å²) in [6, 6.07) is 5.53. The molecule has 0 radical (unpaired) electrons. The predicted octanol–water partition coefficient (Wildman–Crippen LogP) is 3.62. The third kappa shape index (κ3) is 1.75. The Kier molecular flexibility index (Phi) is 2.64. The normalized spacial score (nSPS) is 24.2. The Bertz CT molecular complexity index is 607. The molecule has 1 aromatic carbocycles. The van der Waals surface area contributed by atoms with Crippen molar-refractivity contribution >= 4 is 10.9 Å². The van der Waals surface area contributed by atoms with Crippen LogP contribution in [0.15, 0.2) is 24.4 Å². The Morgan fingerprint density at radius 3 is 2.68 bits per heavy atom. The summed E-state index contributed by atoms with van der Waals surface area (Å²) in [5.41, 5.74) is 0.122. The lowest BCUT2D eigenvalue weighted by Gasteiger charge is -2.32. The van der Waals surface area contributed by atoms with E-state index < -0.39 is 11.7 Å². The van der Waals surface area contributed by atoms with Gasteiger partial charge in [0.15, 0.2) is 0 Å². The zero-order chi connectivity index (χ0) is 13.7. The van der Waals surface area contributed by atoms with Gasteiger partial charge in [0.1, 0.15) is 5.54 Å². The molecule has 1 saturated heterocycles. The van der Waals surface area contributed by atoms with E-state index >= 15 is 0 Å². The van der Waals surface area contributed by atoms with Crippen LogP contribution in [0.2, 0.25) is 0 Å². The molecule has 102 valence electrons. The van der Waals surface area contributed by atoms with Crippen molar-refractivity contribution in [3.63, 3.8) is 0 Å². The van der Waals surface area contributed by atoms with Gasteiger partial charge in [0.05, 0.1) is 0 Å².